The number of hydrogen-bond donors (Lipinski definition) is 1. The summed E-state index contributed by atoms with van der Waals surface area (Å²) in [7, 11) is 1.64. The fraction of sp³-hybridized carbons (Fsp3) is 0.296. The topological polar surface area (TPSA) is 102 Å². The number of nitrogens with one attached hydrogen (secondary N) is 1. The van der Waals surface area contributed by atoms with Gasteiger partial charge in [0, 0.05) is 24.7 Å². The Balaban J connectivity index is 1.08. The first kappa shape index (κ1) is 24.6. The number of anilines is 1. The predicted molar refractivity (Wildman–Crippen MR) is 143 cm³/mol. The summed E-state index contributed by atoms with van der Waals surface area (Å²) in [6, 6.07) is 19.3. The molecule has 37 heavy (non-hydrogen) atoms. The standard InChI is InChI=1S/C27H28N6O3S/c1-35-21-8-6-19(7-9-21)22-10-12-25(31-29-22)33-15-2-4-20(18-33)27(34)28-14-16-36-26-13-11-23(30-32-26)24-5-3-17-37-24/h3,5-13,17,20H,2,4,14-16,18H2,1H3,(H,28,34). The van der Waals surface area contributed by atoms with Gasteiger partial charge >= 0.3 is 0 Å². The Kier molecular flexibility index (Phi) is 7.85. The zero-order chi connectivity index (χ0) is 25.5. The van der Waals surface area contributed by atoms with Crippen molar-refractivity contribution in [2.75, 3.05) is 38.3 Å². The molecule has 1 fully saturated rings. The van der Waals surface area contributed by atoms with Crippen LogP contribution in [0, 0.1) is 5.92 Å². The third kappa shape index (κ3) is 6.21. The molecule has 10 heteroatoms. The summed E-state index contributed by atoms with van der Waals surface area (Å²) in [4.78, 5) is 16.0. The Morgan fingerprint density at radius 1 is 1.03 bits per heavy atom. The maximum atomic E-state index is 12.8. The Bertz CT molecular complexity index is 1280. The van der Waals surface area contributed by atoms with E-state index in [1.165, 1.54) is 0 Å². The molecule has 1 saturated heterocycles. The van der Waals surface area contributed by atoms with Crippen LogP contribution in [0.1, 0.15) is 12.8 Å². The van der Waals surface area contributed by atoms with Crippen LogP contribution >= 0.6 is 11.3 Å². The molecular formula is C27H28N6O3S. The minimum atomic E-state index is -0.110. The van der Waals surface area contributed by atoms with Crippen molar-refractivity contribution in [3.05, 3.63) is 66.0 Å². The monoisotopic (exact) mass is 516 g/mol. The molecule has 1 aromatic carbocycles. The number of benzene rings is 1. The van der Waals surface area contributed by atoms with Crippen molar-refractivity contribution in [1.29, 1.82) is 0 Å². The van der Waals surface area contributed by atoms with E-state index in [9.17, 15) is 4.79 Å². The molecule has 3 aromatic heterocycles. The fourth-order valence-electron chi connectivity index (χ4n) is 4.24. The number of ether oxygens (including phenoxy) is 2. The molecule has 0 spiro atoms. The lowest BCUT2D eigenvalue weighted by atomic mass is 9.97. The van der Waals surface area contributed by atoms with E-state index in [2.05, 4.69) is 30.6 Å². The maximum absolute atomic E-state index is 12.8. The van der Waals surface area contributed by atoms with Crippen molar-refractivity contribution < 1.29 is 14.3 Å². The van der Waals surface area contributed by atoms with E-state index < -0.39 is 0 Å². The van der Waals surface area contributed by atoms with Gasteiger partial charge in [-0.1, -0.05) is 6.07 Å². The lowest BCUT2D eigenvalue weighted by Gasteiger charge is -2.32. The van der Waals surface area contributed by atoms with Gasteiger partial charge in [0.1, 0.15) is 18.1 Å². The molecule has 5 rings (SSSR count). The molecule has 1 atom stereocenters. The molecule has 1 unspecified atom stereocenters. The number of methoxy groups -OCH3 is 1. The summed E-state index contributed by atoms with van der Waals surface area (Å²) in [6.07, 6.45) is 1.76. The molecule has 9 nitrogen and oxygen atoms in total. The van der Waals surface area contributed by atoms with Crippen LogP contribution in [0.15, 0.2) is 66.0 Å². The molecule has 0 aliphatic carbocycles. The zero-order valence-electron chi connectivity index (χ0n) is 20.5. The number of carbonyl (C=O) groups is 1. The van der Waals surface area contributed by atoms with Gasteiger partial charge in [-0.15, -0.1) is 31.7 Å². The molecule has 1 amide bonds. The minimum Gasteiger partial charge on any atom is -0.497 e. The third-order valence-electron chi connectivity index (χ3n) is 6.22. The first-order valence-electron chi connectivity index (χ1n) is 12.2. The van der Waals surface area contributed by atoms with Crippen LogP contribution in [0.5, 0.6) is 11.6 Å². The summed E-state index contributed by atoms with van der Waals surface area (Å²) in [5.41, 5.74) is 2.59. The van der Waals surface area contributed by atoms with Crippen LogP contribution < -0.4 is 19.7 Å². The van der Waals surface area contributed by atoms with Crippen molar-refractivity contribution in [2.45, 2.75) is 12.8 Å². The molecule has 1 aliphatic rings. The first-order chi connectivity index (χ1) is 18.2. The van der Waals surface area contributed by atoms with Crippen molar-refractivity contribution in [1.82, 2.24) is 25.7 Å². The van der Waals surface area contributed by atoms with Crippen LogP contribution in [-0.2, 0) is 4.79 Å². The van der Waals surface area contributed by atoms with Gasteiger partial charge in [0.25, 0.3) is 0 Å². The van der Waals surface area contributed by atoms with E-state index in [1.807, 2.05) is 60.0 Å². The lowest BCUT2D eigenvalue weighted by molar-refractivity contribution is -0.125. The van der Waals surface area contributed by atoms with Crippen LogP contribution in [-0.4, -0.2) is 59.7 Å². The van der Waals surface area contributed by atoms with Gasteiger partial charge in [-0.3, -0.25) is 4.79 Å². The Hall–Kier alpha value is -4.05. The molecule has 4 heterocycles. The second-order valence-electron chi connectivity index (χ2n) is 8.66. The van der Waals surface area contributed by atoms with Gasteiger partial charge in [0.15, 0.2) is 5.82 Å². The molecule has 0 bridgehead atoms. The predicted octanol–water partition coefficient (Wildman–Crippen LogP) is 4.08. The van der Waals surface area contributed by atoms with Gasteiger partial charge < -0.3 is 19.7 Å². The highest BCUT2D eigenvalue weighted by Gasteiger charge is 2.26. The van der Waals surface area contributed by atoms with E-state index >= 15 is 0 Å². The molecule has 0 saturated carbocycles. The average molecular weight is 517 g/mol. The van der Waals surface area contributed by atoms with Gasteiger partial charge in [0.2, 0.25) is 11.8 Å². The quantitative estimate of drug-likeness (QED) is 0.332. The lowest BCUT2D eigenvalue weighted by Crippen LogP contribution is -2.44. The summed E-state index contributed by atoms with van der Waals surface area (Å²) in [5.74, 6) is 1.93. The van der Waals surface area contributed by atoms with Crippen LogP contribution in [0.3, 0.4) is 0 Å². The molecule has 190 valence electrons. The number of aromatic nitrogens is 4. The van der Waals surface area contributed by atoms with E-state index in [-0.39, 0.29) is 11.8 Å². The average Bonchev–Trinajstić information content (AvgIpc) is 3.51. The van der Waals surface area contributed by atoms with Crippen LogP contribution in [0.4, 0.5) is 5.82 Å². The number of hydrogen-bond acceptors (Lipinski definition) is 9. The maximum Gasteiger partial charge on any atom is 0.233 e. The smallest absolute Gasteiger partial charge is 0.233 e. The largest absolute Gasteiger partial charge is 0.497 e. The Morgan fingerprint density at radius 3 is 2.57 bits per heavy atom. The highest BCUT2D eigenvalue weighted by atomic mass is 32.1. The summed E-state index contributed by atoms with van der Waals surface area (Å²) < 4.78 is 10.9. The van der Waals surface area contributed by atoms with Crippen molar-refractivity contribution >= 4 is 23.1 Å². The number of rotatable bonds is 9. The molecule has 0 radical (unpaired) electrons. The highest BCUT2D eigenvalue weighted by molar-refractivity contribution is 7.13. The molecule has 1 aliphatic heterocycles. The van der Waals surface area contributed by atoms with E-state index in [4.69, 9.17) is 9.47 Å². The zero-order valence-corrected chi connectivity index (χ0v) is 21.4. The summed E-state index contributed by atoms with van der Waals surface area (Å²) >= 11 is 1.61. The third-order valence-corrected chi connectivity index (χ3v) is 7.11. The minimum absolute atomic E-state index is 0.0234. The molecule has 1 N–H and O–H groups in total. The second-order valence-corrected chi connectivity index (χ2v) is 9.61. The first-order valence-corrected chi connectivity index (χ1v) is 13.1. The number of amides is 1. The summed E-state index contributed by atoms with van der Waals surface area (Å²) in [5, 5.41) is 22.1. The van der Waals surface area contributed by atoms with Crippen molar-refractivity contribution in [3.8, 4) is 33.5 Å². The van der Waals surface area contributed by atoms with Gasteiger partial charge in [-0.2, -0.15) is 0 Å². The SMILES string of the molecule is COc1ccc(-c2ccc(N3CCCC(C(=O)NCCOc4ccc(-c5cccs5)nn4)C3)nn2)cc1. The van der Waals surface area contributed by atoms with E-state index in [1.54, 1.807) is 24.5 Å². The number of nitrogens with zero attached hydrogens (tertiary/aromatic N) is 5. The fourth-order valence-corrected chi connectivity index (χ4v) is 4.93. The van der Waals surface area contributed by atoms with Crippen LogP contribution in [0.2, 0.25) is 0 Å². The highest BCUT2D eigenvalue weighted by Crippen LogP contribution is 2.25. The summed E-state index contributed by atoms with van der Waals surface area (Å²) in [6.45, 7) is 2.19. The second kappa shape index (κ2) is 11.8. The normalized spacial score (nSPS) is 15.3. The number of thiophene rings is 1. The molecular weight excluding hydrogens is 488 g/mol. The van der Waals surface area contributed by atoms with Crippen LogP contribution in [0.25, 0.3) is 21.8 Å². The molecule has 4 aromatic rings. The van der Waals surface area contributed by atoms with Gasteiger partial charge in [-0.05, 0) is 66.8 Å². The van der Waals surface area contributed by atoms with E-state index in [0.717, 1.165) is 52.8 Å². The Labute approximate surface area is 219 Å². The van der Waals surface area contributed by atoms with E-state index in [0.29, 0.717) is 25.6 Å². The number of piperidine rings is 1. The van der Waals surface area contributed by atoms with Gasteiger partial charge in [-0.25, -0.2) is 0 Å². The van der Waals surface area contributed by atoms with Crippen molar-refractivity contribution in [3.63, 3.8) is 0 Å². The van der Waals surface area contributed by atoms with Gasteiger partial charge in [0.05, 0.1) is 30.1 Å². The van der Waals surface area contributed by atoms with Crippen molar-refractivity contribution in [2.24, 2.45) is 5.92 Å². The number of carbonyl (C=O) groups excluding carboxylic acids is 1. The Morgan fingerprint density at radius 2 is 1.86 bits per heavy atom.